The molecule has 28 heavy (non-hydrogen) atoms. The van der Waals surface area contributed by atoms with E-state index in [0.29, 0.717) is 17.9 Å². The zero-order chi connectivity index (χ0) is 19.1. The molecule has 4 aromatic rings. The molecule has 5 heteroatoms. The number of fused-ring (bicyclic) bond motifs is 2. The molecule has 0 aliphatic heterocycles. The van der Waals surface area contributed by atoms with E-state index in [1.807, 2.05) is 24.3 Å². The lowest BCUT2D eigenvalue weighted by Crippen LogP contribution is -2.32. The number of aromatic nitrogens is 1. The molecule has 0 bridgehead atoms. The highest BCUT2D eigenvalue weighted by Gasteiger charge is 2.19. The SMILES string of the molecule is Nc1ncc(-c2cc3ccccc3o2)c2cc(N[C@H]3CC[C@H](N)CC3)ccc12. The summed E-state index contributed by atoms with van der Waals surface area (Å²) in [5.41, 5.74) is 15.1. The van der Waals surface area contributed by atoms with Gasteiger partial charge >= 0.3 is 0 Å². The van der Waals surface area contributed by atoms with Gasteiger partial charge in [-0.25, -0.2) is 4.98 Å². The Morgan fingerprint density at radius 3 is 2.61 bits per heavy atom. The molecule has 0 amide bonds. The van der Waals surface area contributed by atoms with E-state index >= 15 is 0 Å². The van der Waals surface area contributed by atoms with Gasteiger partial charge in [0.2, 0.25) is 0 Å². The van der Waals surface area contributed by atoms with E-state index in [1.165, 1.54) is 0 Å². The van der Waals surface area contributed by atoms with Crippen LogP contribution in [0.3, 0.4) is 0 Å². The van der Waals surface area contributed by atoms with Gasteiger partial charge in [0.1, 0.15) is 17.2 Å². The molecule has 1 fully saturated rings. The topological polar surface area (TPSA) is 90.1 Å². The van der Waals surface area contributed by atoms with E-state index in [2.05, 4.69) is 34.6 Å². The zero-order valence-electron chi connectivity index (χ0n) is 15.7. The second-order valence-corrected chi connectivity index (χ2v) is 7.72. The lowest BCUT2D eigenvalue weighted by atomic mass is 9.91. The van der Waals surface area contributed by atoms with Crippen molar-refractivity contribution in [1.82, 2.24) is 4.98 Å². The lowest BCUT2D eigenvalue weighted by molar-refractivity contribution is 0.411. The third-order valence-electron chi connectivity index (χ3n) is 5.75. The monoisotopic (exact) mass is 372 g/mol. The number of hydrogen-bond acceptors (Lipinski definition) is 5. The maximum absolute atomic E-state index is 6.15. The van der Waals surface area contributed by atoms with Crippen LogP contribution in [-0.2, 0) is 0 Å². The minimum Gasteiger partial charge on any atom is -0.456 e. The molecular formula is C23H24N4O. The molecule has 2 aromatic heterocycles. The summed E-state index contributed by atoms with van der Waals surface area (Å²) >= 11 is 0. The first-order valence-electron chi connectivity index (χ1n) is 9.87. The number of benzene rings is 2. The molecule has 5 rings (SSSR count). The van der Waals surface area contributed by atoms with Crippen LogP contribution in [0.2, 0.25) is 0 Å². The molecule has 0 saturated heterocycles. The van der Waals surface area contributed by atoms with Crippen molar-refractivity contribution in [2.45, 2.75) is 37.8 Å². The molecule has 2 heterocycles. The van der Waals surface area contributed by atoms with Crippen LogP contribution < -0.4 is 16.8 Å². The molecule has 142 valence electrons. The summed E-state index contributed by atoms with van der Waals surface area (Å²) in [5.74, 6) is 1.34. The molecule has 0 radical (unpaired) electrons. The summed E-state index contributed by atoms with van der Waals surface area (Å²) in [6, 6.07) is 17.2. The summed E-state index contributed by atoms with van der Waals surface area (Å²) in [4.78, 5) is 4.39. The maximum atomic E-state index is 6.15. The Balaban J connectivity index is 1.56. The first kappa shape index (κ1) is 17.1. The van der Waals surface area contributed by atoms with Crippen molar-refractivity contribution in [3.05, 3.63) is 54.7 Å². The number of pyridine rings is 1. The maximum Gasteiger partial charge on any atom is 0.137 e. The van der Waals surface area contributed by atoms with Gasteiger partial charge in [0, 0.05) is 40.3 Å². The average molecular weight is 372 g/mol. The van der Waals surface area contributed by atoms with Crippen LogP contribution in [0, 0.1) is 0 Å². The number of anilines is 2. The highest BCUT2D eigenvalue weighted by molar-refractivity contribution is 6.03. The Kier molecular flexibility index (Phi) is 4.17. The molecule has 0 spiro atoms. The third-order valence-corrected chi connectivity index (χ3v) is 5.75. The molecule has 1 aliphatic carbocycles. The predicted molar refractivity (Wildman–Crippen MR) is 115 cm³/mol. The number of hydrogen-bond donors (Lipinski definition) is 3. The standard InChI is InChI=1S/C23H24N4O/c24-15-5-7-16(8-6-15)27-17-9-10-18-19(12-17)20(13-26-23(18)25)22-11-14-3-1-2-4-21(14)28-22/h1-4,9-13,15-16,27H,5-8,24H2,(H2,25,26)/t15-,16-. The second kappa shape index (κ2) is 6.84. The van der Waals surface area contributed by atoms with Gasteiger partial charge in [0.25, 0.3) is 0 Å². The van der Waals surface area contributed by atoms with Gasteiger partial charge in [-0.3, -0.25) is 0 Å². The summed E-state index contributed by atoms with van der Waals surface area (Å²) in [7, 11) is 0. The van der Waals surface area contributed by atoms with Crippen LogP contribution >= 0.6 is 0 Å². The van der Waals surface area contributed by atoms with E-state index in [4.69, 9.17) is 15.9 Å². The Hall–Kier alpha value is -3.05. The summed E-state index contributed by atoms with van der Waals surface area (Å²) in [6.45, 7) is 0. The number of nitrogen functional groups attached to an aromatic ring is 1. The van der Waals surface area contributed by atoms with E-state index in [1.54, 1.807) is 6.20 Å². The number of nitrogens with zero attached hydrogens (tertiary/aromatic N) is 1. The van der Waals surface area contributed by atoms with Crippen LogP contribution in [0.25, 0.3) is 33.1 Å². The first-order chi connectivity index (χ1) is 13.7. The fourth-order valence-corrected chi connectivity index (χ4v) is 4.16. The molecule has 5 N–H and O–H groups in total. The molecule has 2 aromatic carbocycles. The van der Waals surface area contributed by atoms with Gasteiger partial charge in [0.05, 0.1) is 0 Å². The van der Waals surface area contributed by atoms with Crippen LogP contribution in [0.5, 0.6) is 0 Å². The third kappa shape index (κ3) is 3.08. The van der Waals surface area contributed by atoms with Crippen molar-refractivity contribution in [2.24, 2.45) is 5.73 Å². The van der Waals surface area contributed by atoms with E-state index in [9.17, 15) is 0 Å². The van der Waals surface area contributed by atoms with Gasteiger partial charge < -0.3 is 21.2 Å². The van der Waals surface area contributed by atoms with E-state index in [-0.39, 0.29) is 0 Å². The Morgan fingerprint density at radius 2 is 1.79 bits per heavy atom. The number of para-hydroxylation sites is 1. The molecule has 0 atom stereocenters. The number of furan rings is 1. The van der Waals surface area contributed by atoms with Crippen LogP contribution in [-0.4, -0.2) is 17.1 Å². The van der Waals surface area contributed by atoms with Gasteiger partial charge in [-0.05, 0) is 61.4 Å². The fourth-order valence-electron chi connectivity index (χ4n) is 4.16. The molecule has 1 aliphatic rings. The fraction of sp³-hybridized carbons (Fsp3) is 0.261. The number of nitrogens with one attached hydrogen (secondary N) is 1. The highest BCUT2D eigenvalue weighted by atomic mass is 16.3. The zero-order valence-corrected chi connectivity index (χ0v) is 15.7. The minimum absolute atomic E-state index is 0.347. The normalized spacial score (nSPS) is 19.9. The van der Waals surface area contributed by atoms with Crippen molar-refractivity contribution < 1.29 is 4.42 Å². The van der Waals surface area contributed by atoms with Gasteiger partial charge in [-0.15, -0.1) is 0 Å². The summed E-state index contributed by atoms with van der Waals surface area (Å²) in [5, 5.41) is 6.73. The summed E-state index contributed by atoms with van der Waals surface area (Å²) < 4.78 is 6.09. The van der Waals surface area contributed by atoms with Crippen molar-refractivity contribution in [3.8, 4) is 11.3 Å². The van der Waals surface area contributed by atoms with E-state index < -0.39 is 0 Å². The van der Waals surface area contributed by atoms with Gasteiger partial charge in [-0.2, -0.15) is 0 Å². The van der Waals surface area contributed by atoms with Crippen LogP contribution in [0.15, 0.2) is 59.1 Å². The quantitative estimate of drug-likeness (QED) is 0.475. The Morgan fingerprint density at radius 1 is 0.964 bits per heavy atom. The second-order valence-electron chi connectivity index (χ2n) is 7.72. The van der Waals surface area contributed by atoms with Gasteiger partial charge in [-0.1, -0.05) is 18.2 Å². The first-order valence-corrected chi connectivity index (χ1v) is 9.87. The molecule has 5 nitrogen and oxygen atoms in total. The smallest absolute Gasteiger partial charge is 0.137 e. The van der Waals surface area contributed by atoms with Crippen molar-refractivity contribution in [2.75, 3.05) is 11.1 Å². The number of rotatable bonds is 3. The molecule has 0 unspecified atom stereocenters. The number of nitrogens with two attached hydrogens (primary N) is 2. The summed E-state index contributed by atoms with van der Waals surface area (Å²) in [6.07, 6.45) is 6.17. The van der Waals surface area contributed by atoms with Crippen LogP contribution in [0.1, 0.15) is 25.7 Å². The lowest BCUT2D eigenvalue weighted by Gasteiger charge is -2.27. The Labute approximate surface area is 163 Å². The van der Waals surface area contributed by atoms with Crippen LogP contribution in [0.4, 0.5) is 11.5 Å². The average Bonchev–Trinajstić information content (AvgIpc) is 3.14. The van der Waals surface area contributed by atoms with Crippen molar-refractivity contribution in [1.29, 1.82) is 0 Å². The van der Waals surface area contributed by atoms with E-state index in [0.717, 1.165) is 64.4 Å². The Bertz CT molecular complexity index is 1110. The highest BCUT2D eigenvalue weighted by Crippen LogP contribution is 2.35. The van der Waals surface area contributed by atoms with Gasteiger partial charge in [0.15, 0.2) is 0 Å². The minimum atomic E-state index is 0.347. The molecular weight excluding hydrogens is 348 g/mol. The van der Waals surface area contributed by atoms with Crippen molar-refractivity contribution >= 4 is 33.2 Å². The predicted octanol–water partition coefficient (Wildman–Crippen LogP) is 4.91. The van der Waals surface area contributed by atoms with Crippen molar-refractivity contribution in [3.63, 3.8) is 0 Å². The molecule has 1 saturated carbocycles. The largest absolute Gasteiger partial charge is 0.456 e.